The van der Waals surface area contributed by atoms with E-state index in [-0.39, 0.29) is 30.8 Å². The molecule has 16 heteroatoms. The summed E-state index contributed by atoms with van der Waals surface area (Å²) in [6, 6.07) is 0.583. The van der Waals surface area contributed by atoms with Gasteiger partial charge in [-0.3, -0.25) is 0 Å². The Morgan fingerprint density at radius 2 is 1.02 bits per heavy atom. The first-order valence-electron chi connectivity index (χ1n) is 15.4. The second kappa shape index (κ2) is 48.8. The lowest BCUT2D eigenvalue weighted by Gasteiger charge is -2.10. The molecule has 46 heavy (non-hydrogen) atoms. The highest BCUT2D eigenvalue weighted by Gasteiger charge is 2.00. The molecule has 0 rings (SSSR count). The number of carbonyl (C=O) groups is 4. The Balaban J connectivity index is -0.0000000607. The third kappa shape index (κ3) is 293. The van der Waals surface area contributed by atoms with Crippen LogP contribution in [0.5, 0.6) is 0 Å². The molecule has 0 fully saturated rings. The zero-order valence-corrected chi connectivity index (χ0v) is 31.2. The highest BCUT2D eigenvalue weighted by Crippen LogP contribution is 1.90. The maximum atomic E-state index is 9.57. The van der Waals surface area contributed by atoms with Gasteiger partial charge < -0.3 is 81.9 Å². The van der Waals surface area contributed by atoms with E-state index >= 15 is 0 Å². The number of quaternary nitrogens is 4. The molecule has 0 heterocycles. The Morgan fingerprint density at radius 1 is 0.717 bits per heavy atom. The van der Waals surface area contributed by atoms with Gasteiger partial charge in [0, 0.05) is 25.2 Å². The van der Waals surface area contributed by atoms with Gasteiger partial charge in [0.05, 0.1) is 24.7 Å². The topological polar surface area (TPSA) is 319 Å². The lowest BCUT2D eigenvalue weighted by Crippen LogP contribution is -2.67. The molecule has 0 aromatic carbocycles. The minimum Gasteiger partial charge on any atom is -0.565 e. The van der Waals surface area contributed by atoms with Crippen molar-refractivity contribution in [1.29, 1.82) is 0 Å². The van der Waals surface area contributed by atoms with Crippen LogP contribution >= 0.6 is 0 Å². The zero-order chi connectivity index (χ0) is 38.9. The summed E-state index contributed by atoms with van der Waals surface area (Å²) in [6.07, 6.45) is -2.44. The SMILES string of the molecule is CC(C)(C)[NH3+].CC(C)COC(=O)[O-].CC(C)C[NH3+].CC(C)OC(=O)[O-].CC(C)[NH3+].CCCCOC(=O)[O-].CCCC[NH3+].O=C([O-])O. The number of unbranched alkanes of at least 4 members (excludes halogenated alkanes) is 2. The van der Waals surface area contributed by atoms with Gasteiger partial charge in [-0.15, -0.1) is 0 Å². The van der Waals surface area contributed by atoms with Crippen LogP contribution in [0.1, 0.15) is 116 Å². The Hall–Kier alpha value is -3.08. The highest BCUT2D eigenvalue weighted by molar-refractivity contribution is 5.54. The van der Waals surface area contributed by atoms with E-state index in [1.807, 2.05) is 20.8 Å². The van der Waals surface area contributed by atoms with Gasteiger partial charge in [-0.1, -0.05) is 54.4 Å². The van der Waals surface area contributed by atoms with Gasteiger partial charge in [-0.25, -0.2) is 0 Å². The normalized spacial score (nSPS) is 9.07. The second-order valence-corrected chi connectivity index (χ2v) is 11.9. The van der Waals surface area contributed by atoms with E-state index in [2.05, 4.69) is 92.5 Å². The predicted octanol–water partition coefficient (Wildman–Crippen LogP) is -1.63. The number of ether oxygens (including phenoxy) is 3. The lowest BCUT2D eigenvalue weighted by molar-refractivity contribution is -0.458. The molecule has 0 aliphatic carbocycles. The van der Waals surface area contributed by atoms with E-state index in [0.717, 1.165) is 31.8 Å². The van der Waals surface area contributed by atoms with Crippen LogP contribution in [0, 0.1) is 11.8 Å². The molecule has 0 spiro atoms. The standard InChI is InChI=1S/2C5H10O3.3C4H11N.C4H8O3.C3H9N.CH2O3/c1-4(2)3-8-5(6)7;1-2-3-4-8-5(6)7;1-4(2,3)5;1-4(2)3-5;1-2-3-4-5;1-3(2)7-4(5)6;1-3(2)4;2-1(3)4/h4H,3H2,1-2H3,(H,6,7);2-4H2,1H3,(H,6,7);5H2,1-3H3;4H,3,5H2,1-2H3;2-5H2,1H3;3H,1-2H3,(H,5,6);3H,4H2,1-2H3;(H2,2,3,4). The molecule has 0 saturated carbocycles. The minimum atomic E-state index is -2.08. The van der Waals surface area contributed by atoms with Crippen molar-refractivity contribution in [3.63, 3.8) is 0 Å². The summed E-state index contributed by atoms with van der Waals surface area (Å²) in [5, 5.41) is 43.9. The molecule has 16 nitrogen and oxygen atoms in total. The van der Waals surface area contributed by atoms with E-state index in [1.54, 1.807) is 13.8 Å². The van der Waals surface area contributed by atoms with Crippen LogP contribution in [-0.4, -0.2) is 73.7 Å². The van der Waals surface area contributed by atoms with Crippen molar-refractivity contribution in [2.24, 2.45) is 11.8 Å². The third-order valence-corrected chi connectivity index (χ3v) is 2.77. The van der Waals surface area contributed by atoms with Crippen molar-refractivity contribution in [2.75, 3.05) is 26.3 Å². The number of hydrogen-bond acceptors (Lipinski definition) is 11. The van der Waals surface area contributed by atoms with Crippen LogP contribution in [-0.2, 0) is 14.2 Å². The summed E-state index contributed by atoms with van der Waals surface area (Å²) in [5.74, 6) is 1.02. The fraction of sp³-hybridized carbons (Fsp3) is 0.867. The molecule has 0 aromatic heterocycles. The van der Waals surface area contributed by atoms with Crippen LogP contribution in [0.2, 0.25) is 0 Å². The third-order valence-electron chi connectivity index (χ3n) is 2.77. The summed E-state index contributed by atoms with van der Waals surface area (Å²) in [6.45, 7) is 28.4. The van der Waals surface area contributed by atoms with Gasteiger partial charge in [0.15, 0.2) is 0 Å². The summed E-state index contributed by atoms with van der Waals surface area (Å²) in [5.41, 5.74) is 15.0. The Kier molecular flexibility index (Phi) is 65.6. The van der Waals surface area contributed by atoms with Crippen molar-refractivity contribution in [1.82, 2.24) is 0 Å². The highest BCUT2D eigenvalue weighted by atomic mass is 16.7. The average Bonchev–Trinajstić information content (AvgIpc) is 2.82. The summed E-state index contributed by atoms with van der Waals surface area (Å²) in [7, 11) is 0. The van der Waals surface area contributed by atoms with E-state index < -0.39 is 24.6 Å². The number of carboxylic acid groups (broad SMARTS) is 5. The van der Waals surface area contributed by atoms with Gasteiger partial charge in [0.1, 0.15) is 0 Å². The van der Waals surface area contributed by atoms with Crippen molar-refractivity contribution >= 4 is 24.6 Å². The quantitative estimate of drug-likeness (QED) is 0.104. The molecule has 0 bridgehead atoms. The molecular formula is C30H72N4O12. The van der Waals surface area contributed by atoms with Crippen LogP contribution in [0.25, 0.3) is 0 Å². The Bertz CT molecular complexity index is 615. The number of carbonyl (C=O) groups excluding carboxylic acids is 3. The first-order chi connectivity index (χ1) is 20.7. The zero-order valence-electron chi connectivity index (χ0n) is 31.2. The monoisotopic (exact) mass is 681 g/mol. The number of hydrogen-bond donors (Lipinski definition) is 5. The van der Waals surface area contributed by atoms with Gasteiger partial charge in [-0.2, -0.15) is 0 Å². The van der Waals surface area contributed by atoms with Crippen LogP contribution in [0.3, 0.4) is 0 Å². The fourth-order valence-corrected chi connectivity index (χ4v) is 0.977. The first kappa shape index (κ1) is 61.9. The largest absolute Gasteiger partial charge is 0.565 e. The number of rotatable bonds is 9. The Labute approximate surface area is 278 Å². The fourth-order valence-electron chi connectivity index (χ4n) is 0.977. The molecule has 0 radical (unpaired) electrons. The molecule has 13 N–H and O–H groups in total. The van der Waals surface area contributed by atoms with E-state index in [1.165, 1.54) is 12.8 Å². The molecule has 0 aromatic rings. The molecule has 284 valence electrons. The van der Waals surface area contributed by atoms with E-state index in [0.29, 0.717) is 6.04 Å². The molecular weight excluding hydrogens is 608 g/mol. The van der Waals surface area contributed by atoms with Gasteiger partial charge >= 0.3 is 0 Å². The van der Waals surface area contributed by atoms with Crippen LogP contribution in [0.15, 0.2) is 0 Å². The van der Waals surface area contributed by atoms with Gasteiger partial charge in [0.2, 0.25) is 6.16 Å². The van der Waals surface area contributed by atoms with Crippen LogP contribution in [0.4, 0.5) is 19.2 Å². The maximum absolute atomic E-state index is 9.57. The molecule has 0 aliphatic heterocycles. The molecule has 0 unspecified atom stereocenters. The molecule has 0 saturated heterocycles. The summed E-state index contributed by atoms with van der Waals surface area (Å²) >= 11 is 0. The van der Waals surface area contributed by atoms with Crippen LogP contribution < -0.4 is 43.4 Å². The van der Waals surface area contributed by atoms with Gasteiger partial charge in [0.25, 0.3) is 18.5 Å². The second-order valence-electron chi connectivity index (χ2n) is 11.9. The van der Waals surface area contributed by atoms with E-state index in [9.17, 15) is 29.7 Å². The lowest BCUT2D eigenvalue weighted by atomic mass is 10.1. The first-order valence-corrected chi connectivity index (χ1v) is 15.4. The van der Waals surface area contributed by atoms with Gasteiger partial charge in [-0.05, 0) is 67.2 Å². The maximum Gasteiger partial charge on any atom is 0.252 e. The molecule has 0 amide bonds. The Morgan fingerprint density at radius 3 is 1.11 bits per heavy atom. The molecule has 0 atom stereocenters. The summed E-state index contributed by atoms with van der Waals surface area (Å²) < 4.78 is 12.3. The van der Waals surface area contributed by atoms with Crippen molar-refractivity contribution in [2.45, 2.75) is 133 Å². The van der Waals surface area contributed by atoms with Crippen molar-refractivity contribution < 1.29 is 81.9 Å². The predicted molar refractivity (Wildman–Crippen MR) is 168 cm³/mol. The molecule has 0 aliphatic rings. The van der Waals surface area contributed by atoms with Crippen molar-refractivity contribution in [3.05, 3.63) is 0 Å². The van der Waals surface area contributed by atoms with Crippen molar-refractivity contribution in [3.8, 4) is 0 Å². The summed E-state index contributed by atoms with van der Waals surface area (Å²) in [4.78, 5) is 37.0. The smallest absolute Gasteiger partial charge is 0.252 e. The minimum absolute atomic E-state index is 0.225. The average molecular weight is 681 g/mol. The van der Waals surface area contributed by atoms with E-state index in [4.69, 9.17) is 15.0 Å².